The minimum Gasteiger partial charge on any atom is -0.346 e. The molecule has 0 spiro atoms. The Morgan fingerprint density at radius 1 is 0.946 bits per heavy atom. The second-order valence-corrected chi connectivity index (χ2v) is 10.6. The summed E-state index contributed by atoms with van der Waals surface area (Å²) in [5.41, 5.74) is 7.43. The third-order valence-corrected chi connectivity index (χ3v) is 8.45. The van der Waals surface area contributed by atoms with E-state index in [0.29, 0.717) is 11.0 Å². The van der Waals surface area contributed by atoms with Gasteiger partial charge in [0.25, 0.3) is 0 Å². The standard InChI is InChI=1S/C31H32N6/c1-4-31(12-15-35(2)16-13-31)21-37-14-11-26-28(37)20-33-30(29(26)23-7-5-22(18-32)6-8-23)24-9-10-27-25(17-24)19-34-36(27)3/h5-11,14,17,19-20H,4,12-13,15-16,21H2,1-3H3. The second kappa shape index (κ2) is 9.17. The first kappa shape index (κ1) is 23.4. The van der Waals surface area contributed by atoms with Crippen molar-refractivity contribution in [3.63, 3.8) is 0 Å². The average molecular weight is 489 g/mol. The average Bonchev–Trinajstić information content (AvgIpc) is 3.52. The van der Waals surface area contributed by atoms with Crippen LogP contribution in [-0.2, 0) is 13.6 Å². The quantitative estimate of drug-likeness (QED) is 0.293. The predicted molar refractivity (Wildman–Crippen MR) is 149 cm³/mol. The van der Waals surface area contributed by atoms with Gasteiger partial charge < -0.3 is 9.47 Å². The molecule has 1 aliphatic rings. The Hall–Kier alpha value is -3.95. The van der Waals surface area contributed by atoms with Crippen molar-refractivity contribution in [2.24, 2.45) is 12.5 Å². The van der Waals surface area contributed by atoms with Crippen LogP contribution in [-0.4, -0.2) is 44.4 Å². The van der Waals surface area contributed by atoms with Gasteiger partial charge in [0, 0.05) is 41.7 Å². The van der Waals surface area contributed by atoms with Crippen LogP contribution in [0.15, 0.2) is 67.1 Å². The molecule has 2 aromatic carbocycles. The van der Waals surface area contributed by atoms with Crippen LogP contribution in [0.25, 0.3) is 44.2 Å². The largest absolute Gasteiger partial charge is 0.346 e. The highest BCUT2D eigenvalue weighted by Gasteiger charge is 2.33. The predicted octanol–water partition coefficient (Wildman–Crippen LogP) is 6.25. The molecule has 0 atom stereocenters. The summed E-state index contributed by atoms with van der Waals surface area (Å²) >= 11 is 0. The molecule has 0 saturated carbocycles. The fourth-order valence-corrected chi connectivity index (χ4v) is 5.91. The molecule has 3 aromatic heterocycles. The summed E-state index contributed by atoms with van der Waals surface area (Å²) < 4.78 is 4.31. The number of hydrogen-bond acceptors (Lipinski definition) is 4. The zero-order valence-electron chi connectivity index (χ0n) is 21.8. The van der Waals surface area contributed by atoms with Crippen molar-refractivity contribution in [3.05, 3.63) is 72.7 Å². The molecule has 4 heterocycles. The molecule has 0 radical (unpaired) electrons. The Balaban J connectivity index is 1.50. The van der Waals surface area contributed by atoms with E-state index in [4.69, 9.17) is 4.98 Å². The number of likely N-dealkylation sites (tertiary alicyclic amines) is 1. The molecule has 0 N–H and O–H groups in total. The van der Waals surface area contributed by atoms with Gasteiger partial charge in [-0.15, -0.1) is 0 Å². The van der Waals surface area contributed by atoms with E-state index in [-0.39, 0.29) is 0 Å². The first-order valence-electron chi connectivity index (χ1n) is 13.1. The van der Waals surface area contributed by atoms with Gasteiger partial charge in [-0.2, -0.15) is 10.4 Å². The van der Waals surface area contributed by atoms with Gasteiger partial charge in [0.05, 0.1) is 40.8 Å². The molecule has 0 amide bonds. The Kier molecular flexibility index (Phi) is 5.81. The summed E-state index contributed by atoms with van der Waals surface area (Å²) in [4.78, 5) is 7.52. The van der Waals surface area contributed by atoms with Gasteiger partial charge in [0.2, 0.25) is 0 Å². The normalized spacial score (nSPS) is 15.8. The van der Waals surface area contributed by atoms with Crippen LogP contribution in [0.1, 0.15) is 31.7 Å². The molecule has 6 nitrogen and oxygen atoms in total. The Bertz CT molecular complexity index is 1620. The summed E-state index contributed by atoms with van der Waals surface area (Å²) in [7, 11) is 4.19. The summed E-state index contributed by atoms with van der Waals surface area (Å²) in [5.74, 6) is 0. The van der Waals surface area contributed by atoms with Crippen molar-refractivity contribution in [3.8, 4) is 28.5 Å². The Morgan fingerprint density at radius 3 is 2.43 bits per heavy atom. The molecule has 1 saturated heterocycles. The zero-order chi connectivity index (χ0) is 25.6. The van der Waals surface area contributed by atoms with Crippen molar-refractivity contribution < 1.29 is 0 Å². The summed E-state index contributed by atoms with van der Waals surface area (Å²) in [6.45, 7) is 5.66. The molecule has 0 bridgehead atoms. The number of hydrogen-bond donors (Lipinski definition) is 0. The maximum absolute atomic E-state index is 9.35. The lowest BCUT2D eigenvalue weighted by atomic mass is 9.76. The fourth-order valence-electron chi connectivity index (χ4n) is 5.91. The lowest BCUT2D eigenvalue weighted by molar-refractivity contribution is 0.0994. The second-order valence-electron chi connectivity index (χ2n) is 10.6. The minimum absolute atomic E-state index is 0.317. The molecule has 37 heavy (non-hydrogen) atoms. The van der Waals surface area contributed by atoms with Crippen molar-refractivity contribution >= 4 is 21.8 Å². The minimum atomic E-state index is 0.317. The Labute approximate surface area is 217 Å². The third-order valence-electron chi connectivity index (χ3n) is 8.45. The monoisotopic (exact) mass is 488 g/mol. The molecule has 0 aliphatic carbocycles. The van der Waals surface area contributed by atoms with Crippen LogP contribution < -0.4 is 0 Å². The highest BCUT2D eigenvalue weighted by Crippen LogP contribution is 2.41. The van der Waals surface area contributed by atoms with Crippen molar-refractivity contribution in [1.29, 1.82) is 5.26 Å². The first-order valence-corrected chi connectivity index (χ1v) is 13.1. The van der Waals surface area contributed by atoms with E-state index in [9.17, 15) is 5.26 Å². The number of rotatable bonds is 5. The van der Waals surface area contributed by atoms with Crippen molar-refractivity contribution in [1.82, 2.24) is 24.2 Å². The van der Waals surface area contributed by atoms with E-state index < -0.39 is 0 Å². The molecule has 1 aliphatic heterocycles. The molecule has 186 valence electrons. The van der Waals surface area contributed by atoms with Crippen LogP contribution in [0, 0.1) is 16.7 Å². The van der Waals surface area contributed by atoms with Gasteiger partial charge in [0.15, 0.2) is 0 Å². The number of nitriles is 1. The first-order chi connectivity index (χ1) is 18.0. The number of fused-ring (bicyclic) bond motifs is 2. The van der Waals surface area contributed by atoms with E-state index in [1.54, 1.807) is 0 Å². The van der Waals surface area contributed by atoms with Crippen LogP contribution >= 0.6 is 0 Å². The topological polar surface area (TPSA) is 62.7 Å². The van der Waals surface area contributed by atoms with E-state index in [0.717, 1.165) is 58.4 Å². The van der Waals surface area contributed by atoms with E-state index in [1.807, 2.05) is 48.4 Å². The van der Waals surface area contributed by atoms with Crippen LogP contribution in [0.4, 0.5) is 0 Å². The van der Waals surface area contributed by atoms with Gasteiger partial charge in [-0.25, -0.2) is 0 Å². The summed E-state index contributed by atoms with van der Waals surface area (Å²) in [6.07, 6.45) is 9.81. The SMILES string of the molecule is CCC1(Cn2ccc3c(-c4ccc(C#N)cc4)c(-c4ccc5c(cnn5C)c4)ncc32)CCN(C)CC1. The van der Waals surface area contributed by atoms with E-state index >= 15 is 0 Å². The molecular formula is C31H32N6. The summed E-state index contributed by atoms with van der Waals surface area (Å²) in [5, 5.41) is 16.1. The maximum atomic E-state index is 9.35. The van der Waals surface area contributed by atoms with Crippen molar-refractivity contribution in [2.45, 2.75) is 32.7 Å². The number of nitrogens with zero attached hydrogens (tertiary/aromatic N) is 6. The van der Waals surface area contributed by atoms with Gasteiger partial charge in [-0.3, -0.25) is 9.67 Å². The third kappa shape index (κ3) is 4.10. The maximum Gasteiger partial charge on any atom is 0.0991 e. The van der Waals surface area contributed by atoms with Gasteiger partial charge in [-0.05, 0) is 80.7 Å². The highest BCUT2D eigenvalue weighted by atomic mass is 15.2. The van der Waals surface area contributed by atoms with Crippen molar-refractivity contribution in [2.75, 3.05) is 20.1 Å². The zero-order valence-corrected chi connectivity index (χ0v) is 21.8. The lowest BCUT2D eigenvalue weighted by Gasteiger charge is -2.40. The molecule has 6 rings (SSSR count). The van der Waals surface area contributed by atoms with Gasteiger partial charge in [0.1, 0.15) is 0 Å². The number of aromatic nitrogens is 4. The molecule has 1 fully saturated rings. The molecule has 6 heteroatoms. The van der Waals surface area contributed by atoms with Crippen LogP contribution in [0.5, 0.6) is 0 Å². The van der Waals surface area contributed by atoms with Crippen LogP contribution in [0.3, 0.4) is 0 Å². The van der Waals surface area contributed by atoms with Gasteiger partial charge in [-0.1, -0.05) is 25.1 Å². The molecule has 0 unspecified atom stereocenters. The van der Waals surface area contributed by atoms with E-state index in [2.05, 4.69) is 65.1 Å². The number of piperidine rings is 1. The Morgan fingerprint density at radius 2 is 1.70 bits per heavy atom. The van der Waals surface area contributed by atoms with Crippen LogP contribution in [0.2, 0.25) is 0 Å². The lowest BCUT2D eigenvalue weighted by Crippen LogP contribution is -2.40. The summed E-state index contributed by atoms with van der Waals surface area (Å²) in [6, 6.07) is 18.8. The highest BCUT2D eigenvalue weighted by molar-refractivity contribution is 6.02. The van der Waals surface area contributed by atoms with Gasteiger partial charge >= 0.3 is 0 Å². The molecule has 5 aromatic rings. The van der Waals surface area contributed by atoms with E-state index in [1.165, 1.54) is 24.6 Å². The number of benzene rings is 2. The number of pyridine rings is 1. The number of aryl methyl sites for hydroxylation is 1. The molecular weight excluding hydrogens is 456 g/mol. The smallest absolute Gasteiger partial charge is 0.0991 e. The fraction of sp³-hybridized carbons (Fsp3) is 0.323.